The van der Waals surface area contributed by atoms with Crippen LogP contribution in [-0.4, -0.2) is 28.0 Å². The Bertz CT molecular complexity index is 452. The molecule has 2 saturated carbocycles. The minimum absolute atomic E-state index is 0.00991. The number of nitrogens with zero attached hydrogens (tertiary/aromatic N) is 2. The van der Waals surface area contributed by atoms with Gasteiger partial charge in [-0.15, -0.1) is 0 Å². The average Bonchev–Trinajstić information content (AvgIpc) is 3.05. The monoisotopic (exact) mass is 294 g/mol. The minimum atomic E-state index is -0.378. The number of hydrogen-bond donors (Lipinski definition) is 1. The van der Waals surface area contributed by atoms with E-state index < -0.39 is 0 Å². The third kappa shape index (κ3) is 2.99. The fraction of sp³-hybridized carbons (Fsp3) is 0.875. The SMILES string of the molecule is CCOC1(c2noc(C3CCCC3O)n2)CCCCCC1. The van der Waals surface area contributed by atoms with E-state index in [0.29, 0.717) is 18.3 Å². The van der Waals surface area contributed by atoms with E-state index in [1.165, 1.54) is 12.8 Å². The zero-order valence-corrected chi connectivity index (χ0v) is 12.9. The molecule has 0 aliphatic heterocycles. The van der Waals surface area contributed by atoms with Gasteiger partial charge >= 0.3 is 0 Å². The molecule has 2 atom stereocenters. The molecule has 2 aliphatic rings. The highest BCUT2D eigenvalue weighted by Crippen LogP contribution is 2.40. The summed E-state index contributed by atoms with van der Waals surface area (Å²) in [6.45, 7) is 2.68. The van der Waals surface area contributed by atoms with E-state index in [-0.39, 0.29) is 17.6 Å². The van der Waals surface area contributed by atoms with Gasteiger partial charge in [0.15, 0.2) is 0 Å². The summed E-state index contributed by atoms with van der Waals surface area (Å²) in [5.41, 5.74) is -0.378. The molecule has 1 N–H and O–H groups in total. The summed E-state index contributed by atoms with van der Waals surface area (Å²) < 4.78 is 11.6. The van der Waals surface area contributed by atoms with E-state index >= 15 is 0 Å². The summed E-state index contributed by atoms with van der Waals surface area (Å²) in [5.74, 6) is 1.30. The third-order valence-electron chi connectivity index (χ3n) is 4.98. The van der Waals surface area contributed by atoms with Crippen LogP contribution in [0.5, 0.6) is 0 Å². The number of rotatable bonds is 4. The average molecular weight is 294 g/mol. The van der Waals surface area contributed by atoms with Crippen LogP contribution >= 0.6 is 0 Å². The third-order valence-corrected chi connectivity index (χ3v) is 4.98. The van der Waals surface area contributed by atoms with Crippen LogP contribution < -0.4 is 0 Å². The fourth-order valence-corrected chi connectivity index (χ4v) is 3.81. The lowest BCUT2D eigenvalue weighted by Crippen LogP contribution is -2.31. The van der Waals surface area contributed by atoms with Crippen molar-refractivity contribution in [3.05, 3.63) is 11.7 Å². The van der Waals surface area contributed by atoms with Gasteiger partial charge in [0.2, 0.25) is 11.7 Å². The molecular weight excluding hydrogens is 268 g/mol. The summed E-state index contributed by atoms with van der Waals surface area (Å²) >= 11 is 0. The molecule has 2 aliphatic carbocycles. The van der Waals surface area contributed by atoms with Crippen LogP contribution in [0.3, 0.4) is 0 Å². The molecule has 0 radical (unpaired) electrons. The molecule has 5 nitrogen and oxygen atoms in total. The van der Waals surface area contributed by atoms with Gasteiger partial charge in [0.05, 0.1) is 12.0 Å². The Morgan fingerprint density at radius 2 is 1.95 bits per heavy atom. The molecule has 0 amide bonds. The van der Waals surface area contributed by atoms with Crippen LogP contribution in [0.25, 0.3) is 0 Å². The Labute approximate surface area is 126 Å². The maximum absolute atomic E-state index is 10.0. The normalized spacial score (nSPS) is 29.4. The summed E-state index contributed by atoms with van der Waals surface area (Å²) in [7, 11) is 0. The second-order valence-electron chi connectivity index (χ2n) is 6.40. The lowest BCUT2D eigenvalue weighted by atomic mass is 9.93. The van der Waals surface area contributed by atoms with Gasteiger partial charge in [-0.25, -0.2) is 0 Å². The molecule has 3 rings (SSSR count). The number of ether oxygens (including phenoxy) is 1. The predicted molar refractivity (Wildman–Crippen MR) is 77.9 cm³/mol. The first-order chi connectivity index (χ1) is 10.2. The molecule has 1 heterocycles. The quantitative estimate of drug-likeness (QED) is 0.863. The zero-order chi connectivity index (χ0) is 14.7. The first kappa shape index (κ1) is 15.0. The van der Waals surface area contributed by atoms with Crippen molar-refractivity contribution in [1.29, 1.82) is 0 Å². The van der Waals surface area contributed by atoms with Gasteiger partial charge in [-0.2, -0.15) is 4.98 Å². The van der Waals surface area contributed by atoms with Crippen LogP contribution in [0.15, 0.2) is 4.52 Å². The molecule has 1 aromatic rings. The molecule has 0 saturated heterocycles. The maximum Gasteiger partial charge on any atom is 0.232 e. The van der Waals surface area contributed by atoms with Gasteiger partial charge in [0.25, 0.3) is 0 Å². The van der Waals surface area contributed by atoms with E-state index in [2.05, 4.69) is 10.1 Å². The summed E-state index contributed by atoms with van der Waals surface area (Å²) in [6.07, 6.45) is 9.19. The van der Waals surface area contributed by atoms with Crippen LogP contribution in [0, 0.1) is 0 Å². The second kappa shape index (κ2) is 6.44. The smallest absolute Gasteiger partial charge is 0.232 e. The molecule has 2 unspecified atom stereocenters. The number of aromatic nitrogens is 2. The Kier molecular flexibility index (Phi) is 4.60. The summed E-state index contributed by atoms with van der Waals surface area (Å²) in [6, 6.07) is 0. The van der Waals surface area contributed by atoms with Crippen LogP contribution in [0.4, 0.5) is 0 Å². The van der Waals surface area contributed by atoms with Gasteiger partial charge in [-0.05, 0) is 39.0 Å². The van der Waals surface area contributed by atoms with Crippen LogP contribution in [0.1, 0.15) is 82.3 Å². The zero-order valence-electron chi connectivity index (χ0n) is 12.9. The van der Waals surface area contributed by atoms with E-state index in [0.717, 1.165) is 44.9 Å². The van der Waals surface area contributed by atoms with Gasteiger partial charge in [-0.3, -0.25) is 0 Å². The topological polar surface area (TPSA) is 68.4 Å². The Morgan fingerprint density at radius 3 is 2.57 bits per heavy atom. The van der Waals surface area contributed by atoms with Crippen molar-refractivity contribution in [1.82, 2.24) is 10.1 Å². The molecular formula is C16H26N2O3. The molecule has 0 bridgehead atoms. The largest absolute Gasteiger partial charge is 0.392 e. The molecule has 5 heteroatoms. The minimum Gasteiger partial charge on any atom is -0.392 e. The van der Waals surface area contributed by atoms with E-state index in [4.69, 9.17) is 9.26 Å². The second-order valence-corrected chi connectivity index (χ2v) is 6.40. The molecule has 0 spiro atoms. The van der Waals surface area contributed by atoms with Gasteiger partial charge in [0.1, 0.15) is 5.60 Å². The van der Waals surface area contributed by atoms with Crippen molar-refractivity contribution < 1.29 is 14.4 Å². The molecule has 21 heavy (non-hydrogen) atoms. The Morgan fingerprint density at radius 1 is 1.19 bits per heavy atom. The summed E-state index contributed by atoms with van der Waals surface area (Å²) in [4.78, 5) is 4.64. The molecule has 0 aromatic carbocycles. The first-order valence-electron chi connectivity index (χ1n) is 8.41. The van der Waals surface area contributed by atoms with Crippen molar-refractivity contribution in [2.24, 2.45) is 0 Å². The first-order valence-corrected chi connectivity index (χ1v) is 8.41. The van der Waals surface area contributed by atoms with E-state index in [9.17, 15) is 5.11 Å². The van der Waals surface area contributed by atoms with Crippen molar-refractivity contribution in [3.8, 4) is 0 Å². The summed E-state index contributed by atoms with van der Waals surface area (Å²) in [5, 5.41) is 14.2. The van der Waals surface area contributed by atoms with Gasteiger partial charge in [-0.1, -0.05) is 30.8 Å². The van der Waals surface area contributed by atoms with Gasteiger partial charge in [0, 0.05) is 6.61 Å². The number of hydrogen-bond acceptors (Lipinski definition) is 5. The highest BCUT2D eigenvalue weighted by molar-refractivity contribution is 5.07. The van der Waals surface area contributed by atoms with Crippen molar-refractivity contribution in [3.63, 3.8) is 0 Å². The van der Waals surface area contributed by atoms with Crippen molar-refractivity contribution in [2.75, 3.05) is 6.61 Å². The van der Waals surface area contributed by atoms with Crippen molar-refractivity contribution >= 4 is 0 Å². The lowest BCUT2D eigenvalue weighted by Gasteiger charge is -2.29. The predicted octanol–water partition coefficient (Wildman–Crippen LogP) is 3.28. The highest BCUT2D eigenvalue weighted by atomic mass is 16.5. The number of aliphatic hydroxyl groups is 1. The van der Waals surface area contributed by atoms with Crippen LogP contribution in [0.2, 0.25) is 0 Å². The lowest BCUT2D eigenvalue weighted by molar-refractivity contribution is -0.0636. The van der Waals surface area contributed by atoms with E-state index in [1.54, 1.807) is 0 Å². The van der Waals surface area contributed by atoms with Crippen molar-refractivity contribution in [2.45, 2.75) is 82.3 Å². The highest BCUT2D eigenvalue weighted by Gasteiger charge is 2.40. The van der Waals surface area contributed by atoms with E-state index in [1.807, 2.05) is 6.92 Å². The van der Waals surface area contributed by atoms with Gasteiger partial charge < -0.3 is 14.4 Å². The maximum atomic E-state index is 10.0. The standard InChI is InChI=1S/C16H26N2O3/c1-2-20-16(10-5-3-4-6-11-16)15-17-14(21-18-15)12-8-7-9-13(12)19/h12-13,19H,2-11H2,1H3. The molecule has 118 valence electrons. The fourth-order valence-electron chi connectivity index (χ4n) is 3.81. The molecule has 2 fully saturated rings. The Balaban J connectivity index is 1.84. The molecule has 1 aromatic heterocycles. The Hall–Kier alpha value is -0.940. The number of aliphatic hydroxyl groups excluding tert-OH is 1. The van der Waals surface area contributed by atoms with Crippen LogP contribution in [-0.2, 0) is 10.3 Å².